The predicted octanol–water partition coefficient (Wildman–Crippen LogP) is 3.38. The number of rotatable bonds is 11. The van der Waals surface area contributed by atoms with Crippen molar-refractivity contribution in [1.82, 2.24) is 5.32 Å². The number of carbonyl (C=O) groups excluding carboxylic acids is 2. The Kier molecular flexibility index (Phi) is 9.09. The summed E-state index contributed by atoms with van der Waals surface area (Å²) in [5.74, 6) is -2.76. The Morgan fingerprint density at radius 3 is 2.68 bits per heavy atom. The molecular formula is C21H26F3NO5S. The topological polar surface area (TPSA) is 89.5 Å². The fraction of sp³-hybridized carbons (Fsp3) is 0.524. The number of ether oxygens (including phenoxy) is 1. The second kappa shape index (κ2) is 11.3. The number of piperidine rings is 1. The Bertz CT molecular complexity index is 918. The van der Waals surface area contributed by atoms with Crippen molar-refractivity contribution in [2.45, 2.75) is 45.0 Å². The van der Waals surface area contributed by atoms with E-state index in [0.717, 1.165) is 6.07 Å². The van der Waals surface area contributed by atoms with Gasteiger partial charge in [0.1, 0.15) is 6.61 Å². The molecule has 2 rings (SSSR count). The predicted molar refractivity (Wildman–Crippen MR) is 109 cm³/mol. The van der Waals surface area contributed by atoms with Crippen LogP contribution in [0.5, 0.6) is 5.75 Å². The second-order valence-electron chi connectivity index (χ2n) is 7.55. The van der Waals surface area contributed by atoms with Gasteiger partial charge in [-0.3, -0.25) is 14.9 Å². The SMILES string of the molecule is C[C@@H](CS(=O)(=O)CC/C=C/CC1CCC(=O)NC1=O)c1ccc(F)c(OCC(F)F)c1. The number of hydrogen-bond donors (Lipinski definition) is 1. The van der Waals surface area contributed by atoms with Gasteiger partial charge in [-0.2, -0.15) is 0 Å². The van der Waals surface area contributed by atoms with Crippen LogP contribution in [-0.4, -0.2) is 44.8 Å². The van der Waals surface area contributed by atoms with E-state index in [4.69, 9.17) is 4.74 Å². The van der Waals surface area contributed by atoms with Crippen LogP contribution in [0.15, 0.2) is 30.4 Å². The van der Waals surface area contributed by atoms with Gasteiger partial charge in [0, 0.05) is 12.3 Å². The first-order valence-electron chi connectivity index (χ1n) is 9.97. The van der Waals surface area contributed by atoms with Crippen molar-refractivity contribution in [2.75, 3.05) is 18.1 Å². The molecular weight excluding hydrogens is 435 g/mol. The summed E-state index contributed by atoms with van der Waals surface area (Å²) >= 11 is 0. The smallest absolute Gasteiger partial charge is 0.272 e. The Morgan fingerprint density at radius 2 is 2.00 bits per heavy atom. The van der Waals surface area contributed by atoms with Crippen molar-refractivity contribution in [3.05, 3.63) is 41.7 Å². The van der Waals surface area contributed by atoms with Gasteiger partial charge in [0.25, 0.3) is 6.43 Å². The molecule has 1 fully saturated rings. The summed E-state index contributed by atoms with van der Waals surface area (Å²) < 4.78 is 67.8. The van der Waals surface area contributed by atoms with E-state index in [2.05, 4.69) is 5.32 Å². The fourth-order valence-corrected chi connectivity index (χ4v) is 4.86. The highest BCUT2D eigenvalue weighted by Crippen LogP contribution is 2.26. The normalized spacial score (nSPS) is 18.4. The molecule has 10 heteroatoms. The van der Waals surface area contributed by atoms with Gasteiger partial charge in [-0.25, -0.2) is 21.6 Å². The Balaban J connectivity index is 1.84. The zero-order valence-electron chi connectivity index (χ0n) is 17.2. The maximum absolute atomic E-state index is 13.7. The van der Waals surface area contributed by atoms with E-state index in [1.165, 1.54) is 12.1 Å². The van der Waals surface area contributed by atoms with E-state index in [9.17, 15) is 31.2 Å². The molecule has 1 unspecified atom stereocenters. The van der Waals surface area contributed by atoms with Gasteiger partial charge in [0.15, 0.2) is 21.4 Å². The molecule has 1 aromatic rings. The van der Waals surface area contributed by atoms with Crippen molar-refractivity contribution in [3.63, 3.8) is 0 Å². The Morgan fingerprint density at radius 1 is 1.26 bits per heavy atom. The third kappa shape index (κ3) is 8.35. The van der Waals surface area contributed by atoms with Crippen LogP contribution in [0.1, 0.15) is 44.1 Å². The molecule has 0 bridgehead atoms. The first kappa shape index (κ1) is 24.9. The number of imide groups is 1. The lowest BCUT2D eigenvalue weighted by molar-refractivity contribution is -0.136. The van der Waals surface area contributed by atoms with Crippen LogP contribution < -0.4 is 10.1 Å². The highest BCUT2D eigenvalue weighted by atomic mass is 32.2. The van der Waals surface area contributed by atoms with E-state index in [1.807, 2.05) is 0 Å². The number of allylic oxidation sites excluding steroid dienone is 2. The minimum Gasteiger partial charge on any atom is -0.485 e. The monoisotopic (exact) mass is 461 g/mol. The van der Waals surface area contributed by atoms with Crippen LogP contribution in [0, 0.1) is 11.7 Å². The van der Waals surface area contributed by atoms with Crippen LogP contribution in [0.3, 0.4) is 0 Å². The molecule has 0 saturated carbocycles. The maximum atomic E-state index is 13.7. The molecule has 31 heavy (non-hydrogen) atoms. The van der Waals surface area contributed by atoms with E-state index in [1.54, 1.807) is 19.1 Å². The maximum Gasteiger partial charge on any atom is 0.272 e. The molecule has 2 atom stereocenters. The zero-order valence-corrected chi connectivity index (χ0v) is 18.0. The van der Waals surface area contributed by atoms with Crippen molar-refractivity contribution >= 4 is 21.7 Å². The first-order valence-corrected chi connectivity index (χ1v) is 11.8. The van der Waals surface area contributed by atoms with Gasteiger partial charge in [0.2, 0.25) is 11.8 Å². The molecule has 1 saturated heterocycles. The molecule has 172 valence electrons. The van der Waals surface area contributed by atoms with Crippen LogP contribution in [0.25, 0.3) is 0 Å². The number of hydrogen-bond acceptors (Lipinski definition) is 5. The van der Waals surface area contributed by atoms with Crippen LogP contribution >= 0.6 is 0 Å². The van der Waals surface area contributed by atoms with E-state index in [0.29, 0.717) is 24.8 Å². The highest BCUT2D eigenvalue weighted by Gasteiger charge is 2.25. The van der Waals surface area contributed by atoms with Gasteiger partial charge in [-0.1, -0.05) is 25.1 Å². The van der Waals surface area contributed by atoms with Crippen LogP contribution in [-0.2, 0) is 19.4 Å². The van der Waals surface area contributed by atoms with Gasteiger partial charge in [0.05, 0.1) is 11.5 Å². The summed E-state index contributed by atoms with van der Waals surface area (Å²) in [5, 5.41) is 2.28. The van der Waals surface area contributed by atoms with Crippen molar-refractivity contribution < 1.29 is 35.9 Å². The van der Waals surface area contributed by atoms with Gasteiger partial charge >= 0.3 is 0 Å². The molecule has 0 spiro atoms. The molecule has 0 radical (unpaired) electrons. The number of benzene rings is 1. The highest BCUT2D eigenvalue weighted by molar-refractivity contribution is 7.91. The minimum atomic E-state index is -3.43. The van der Waals surface area contributed by atoms with Crippen LogP contribution in [0.4, 0.5) is 13.2 Å². The number of carbonyl (C=O) groups is 2. The molecule has 6 nitrogen and oxygen atoms in total. The molecule has 1 heterocycles. The lowest BCUT2D eigenvalue weighted by atomic mass is 9.95. The number of amides is 2. The average molecular weight is 462 g/mol. The molecule has 0 aromatic heterocycles. The molecule has 0 aliphatic carbocycles. The summed E-state index contributed by atoms with van der Waals surface area (Å²) in [6.07, 6.45) is 2.18. The first-order chi connectivity index (χ1) is 14.6. The summed E-state index contributed by atoms with van der Waals surface area (Å²) in [6, 6.07) is 3.72. The lowest BCUT2D eigenvalue weighted by Gasteiger charge is -2.19. The summed E-state index contributed by atoms with van der Waals surface area (Å²) in [4.78, 5) is 22.8. The lowest BCUT2D eigenvalue weighted by Crippen LogP contribution is -2.40. The number of nitrogens with one attached hydrogen (secondary N) is 1. The molecule has 1 aliphatic rings. The standard InChI is InChI=1S/C21H26F3NO5S/c1-14(16-6-8-17(22)18(11-16)30-12-19(23)24)13-31(28,29)10-4-2-3-5-15-7-9-20(26)25-21(15)27/h2-3,6,8,11,14-15,19H,4-5,7,9-10,12-13H2,1H3,(H,25,26,27)/b3-2+/t14-,15?/m0/s1. The third-order valence-corrected chi connectivity index (χ3v) is 6.79. The van der Waals surface area contributed by atoms with Crippen molar-refractivity contribution in [2.24, 2.45) is 5.92 Å². The molecule has 1 aromatic carbocycles. The summed E-state index contributed by atoms with van der Waals surface area (Å²) in [5.41, 5.74) is 0.475. The zero-order chi connectivity index (χ0) is 23.0. The number of halogens is 3. The van der Waals surface area contributed by atoms with Gasteiger partial charge in [-0.05, 0) is 42.9 Å². The van der Waals surface area contributed by atoms with E-state index in [-0.39, 0.29) is 41.4 Å². The summed E-state index contributed by atoms with van der Waals surface area (Å²) in [7, 11) is -3.43. The Hall–Kier alpha value is -2.36. The number of alkyl halides is 2. The summed E-state index contributed by atoms with van der Waals surface area (Å²) in [6.45, 7) is 0.707. The van der Waals surface area contributed by atoms with Gasteiger partial charge < -0.3 is 4.74 Å². The van der Waals surface area contributed by atoms with Gasteiger partial charge in [-0.15, -0.1) is 0 Å². The quantitative estimate of drug-likeness (QED) is 0.403. The average Bonchev–Trinajstić information content (AvgIpc) is 2.68. The van der Waals surface area contributed by atoms with Crippen LogP contribution in [0.2, 0.25) is 0 Å². The van der Waals surface area contributed by atoms with E-state index >= 15 is 0 Å². The largest absolute Gasteiger partial charge is 0.485 e. The fourth-order valence-electron chi connectivity index (χ4n) is 3.24. The van der Waals surface area contributed by atoms with E-state index < -0.39 is 34.6 Å². The second-order valence-corrected chi connectivity index (χ2v) is 9.78. The molecule has 1 N–H and O–H groups in total. The minimum absolute atomic E-state index is 0.0981. The van der Waals surface area contributed by atoms with Crippen molar-refractivity contribution in [1.29, 1.82) is 0 Å². The molecule has 1 aliphatic heterocycles. The molecule has 2 amide bonds. The Labute approximate surface area is 179 Å². The number of sulfone groups is 1. The van der Waals surface area contributed by atoms with Crippen molar-refractivity contribution in [3.8, 4) is 5.75 Å². The third-order valence-electron chi connectivity index (χ3n) is 4.93.